The molecule has 3 aromatic carbocycles. The first-order chi connectivity index (χ1) is 21.7. The lowest BCUT2D eigenvalue weighted by atomic mass is 9.93. The second kappa shape index (κ2) is 14.0. The van der Waals surface area contributed by atoms with Gasteiger partial charge in [-0.15, -0.1) is 0 Å². The molecule has 0 unspecified atom stereocenters. The third kappa shape index (κ3) is 6.76. The number of non-ortho nitro benzene ring substituents is 1. The number of nitro benzene ring substituents is 1. The van der Waals surface area contributed by atoms with Crippen LogP contribution in [0.4, 0.5) is 5.69 Å². The Balaban J connectivity index is 1.63. The van der Waals surface area contributed by atoms with Gasteiger partial charge in [-0.1, -0.05) is 58.8 Å². The first-order valence-electron chi connectivity index (χ1n) is 14.3. The number of thiazole rings is 1. The topological polar surface area (TPSA) is 122 Å². The minimum atomic E-state index is -0.829. The molecule has 0 radical (unpaired) electrons. The van der Waals surface area contributed by atoms with Crippen molar-refractivity contribution in [2.45, 2.75) is 39.3 Å². The van der Waals surface area contributed by atoms with Gasteiger partial charge in [-0.2, -0.15) is 0 Å². The summed E-state index contributed by atoms with van der Waals surface area (Å²) in [7, 11) is 1.55. The second-order valence-corrected chi connectivity index (χ2v) is 12.0. The molecular formula is C33H30BrN3O7S. The zero-order chi connectivity index (χ0) is 32.1. The number of carbonyl (C=O) groups is 1. The molecule has 12 heteroatoms. The van der Waals surface area contributed by atoms with E-state index in [4.69, 9.17) is 19.2 Å². The number of nitrogens with zero attached hydrogens (tertiary/aromatic N) is 3. The van der Waals surface area contributed by atoms with E-state index < -0.39 is 16.9 Å². The Hall–Kier alpha value is -4.55. The van der Waals surface area contributed by atoms with Gasteiger partial charge in [-0.25, -0.2) is 9.79 Å². The van der Waals surface area contributed by atoms with Gasteiger partial charge in [-0.05, 0) is 61.4 Å². The first-order valence-corrected chi connectivity index (χ1v) is 15.9. The van der Waals surface area contributed by atoms with Crippen molar-refractivity contribution in [3.05, 3.63) is 129 Å². The summed E-state index contributed by atoms with van der Waals surface area (Å²) in [6, 6.07) is 18.1. The minimum absolute atomic E-state index is 0.00141. The molecule has 0 saturated carbocycles. The molecule has 0 aliphatic carbocycles. The van der Waals surface area contributed by atoms with Crippen LogP contribution in [0.2, 0.25) is 0 Å². The first kappa shape index (κ1) is 31.9. The van der Waals surface area contributed by atoms with Crippen molar-refractivity contribution < 1.29 is 23.9 Å². The van der Waals surface area contributed by atoms with E-state index in [1.165, 1.54) is 28.0 Å². The van der Waals surface area contributed by atoms with E-state index >= 15 is 0 Å². The lowest BCUT2D eigenvalue weighted by molar-refractivity contribution is -0.384. The van der Waals surface area contributed by atoms with Gasteiger partial charge in [0.2, 0.25) is 0 Å². The Morgan fingerprint density at radius 3 is 2.56 bits per heavy atom. The average Bonchev–Trinajstić information content (AvgIpc) is 3.34. The van der Waals surface area contributed by atoms with Crippen molar-refractivity contribution in [2.24, 2.45) is 4.99 Å². The normalized spacial score (nSPS) is 14.5. The van der Waals surface area contributed by atoms with Crippen LogP contribution in [0.15, 0.2) is 92.3 Å². The van der Waals surface area contributed by atoms with E-state index in [-0.39, 0.29) is 24.5 Å². The van der Waals surface area contributed by atoms with E-state index in [0.717, 1.165) is 16.5 Å². The van der Waals surface area contributed by atoms with Crippen molar-refractivity contribution in [1.29, 1.82) is 0 Å². The Bertz CT molecular complexity index is 1970. The fourth-order valence-corrected chi connectivity index (χ4v) is 6.47. The molecule has 0 N–H and O–H groups in total. The van der Waals surface area contributed by atoms with Crippen LogP contribution in [-0.2, 0) is 16.1 Å². The number of hydrogen-bond donors (Lipinski definition) is 0. The van der Waals surface area contributed by atoms with Crippen molar-refractivity contribution in [3.63, 3.8) is 0 Å². The molecule has 1 aliphatic rings. The molecule has 0 fully saturated rings. The van der Waals surface area contributed by atoms with E-state index in [1.54, 1.807) is 44.4 Å². The molecule has 232 valence electrons. The van der Waals surface area contributed by atoms with Gasteiger partial charge in [0, 0.05) is 27.7 Å². The number of hydrogen-bond acceptors (Lipinski definition) is 9. The average molecular weight is 693 g/mol. The molecule has 5 rings (SSSR count). The summed E-state index contributed by atoms with van der Waals surface area (Å²) in [4.78, 5) is 43.5. The monoisotopic (exact) mass is 691 g/mol. The van der Waals surface area contributed by atoms with Crippen molar-refractivity contribution in [2.75, 3.05) is 13.7 Å². The van der Waals surface area contributed by atoms with Gasteiger partial charge in [0.1, 0.15) is 24.1 Å². The van der Waals surface area contributed by atoms with E-state index in [9.17, 15) is 19.7 Å². The second-order valence-electron chi connectivity index (χ2n) is 10.0. The third-order valence-corrected chi connectivity index (χ3v) is 8.60. The molecule has 45 heavy (non-hydrogen) atoms. The van der Waals surface area contributed by atoms with Gasteiger partial charge in [0.15, 0.2) is 4.80 Å². The maximum atomic E-state index is 14.2. The molecule has 1 aliphatic heterocycles. The third-order valence-electron chi connectivity index (χ3n) is 7.13. The summed E-state index contributed by atoms with van der Waals surface area (Å²) < 4.78 is 20.0. The fraction of sp³-hybridized carbons (Fsp3) is 0.242. The maximum absolute atomic E-state index is 14.2. The number of methoxy groups -OCH3 is 1. The lowest BCUT2D eigenvalue weighted by Gasteiger charge is -2.27. The number of benzene rings is 3. The minimum Gasteiger partial charge on any atom is -0.496 e. The lowest BCUT2D eigenvalue weighted by Crippen LogP contribution is -2.40. The predicted octanol–water partition coefficient (Wildman–Crippen LogP) is 5.84. The highest BCUT2D eigenvalue weighted by atomic mass is 79.9. The van der Waals surface area contributed by atoms with Crippen molar-refractivity contribution >= 4 is 45.0 Å². The number of esters is 1. The molecule has 10 nitrogen and oxygen atoms in total. The summed E-state index contributed by atoms with van der Waals surface area (Å²) in [6.07, 6.45) is 3.00. The Morgan fingerprint density at radius 2 is 1.87 bits per heavy atom. The van der Waals surface area contributed by atoms with Crippen LogP contribution in [0, 0.1) is 10.1 Å². The standard InChI is InChI=1S/C33H30BrN3O7S/c1-4-8-25-29(32(39)43-5-2)30(24-18-22(34)13-16-27(24)42-3)36-31(38)28(45-33(36)35-25)17-21-9-6-7-10-26(21)44-19-20-11-14-23(15-12-20)37(40)41/h6-7,9-18,30H,4-5,8,19H2,1-3H3/b28-17+/t30-/m0/s1. The van der Waals surface area contributed by atoms with Gasteiger partial charge in [0.05, 0.1) is 34.4 Å². The fourth-order valence-electron chi connectivity index (χ4n) is 5.08. The summed E-state index contributed by atoms with van der Waals surface area (Å²) in [5, 5.41) is 11.0. The van der Waals surface area contributed by atoms with Crippen molar-refractivity contribution in [1.82, 2.24) is 4.57 Å². The van der Waals surface area contributed by atoms with Gasteiger partial charge < -0.3 is 14.2 Å². The van der Waals surface area contributed by atoms with E-state index in [2.05, 4.69) is 15.9 Å². The Labute approximate surface area is 271 Å². The molecule has 4 aromatic rings. The highest BCUT2D eigenvalue weighted by molar-refractivity contribution is 9.10. The summed E-state index contributed by atoms with van der Waals surface area (Å²) in [6.45, 7) is 4.09. The number of para-hydroxylation sites is 1. The molecule has 0 spiro atoms. The van der Waals surface area contributed by atoms with Gasteiger partial charge in [-0.3, -0.25) is 19.5 Å². The zero-order valence-electron chi connectivity index (χ0n) is 24.8. The van der Waals surface area contributed by atoms with Gasteiger partial charge in [0.25, 0.3) is 11.2 Å². The molecule has 1 aromatic heterocycles. The number of halogens is 1. The number of nitro groups is 1. The highest BCUT2D eigenvalue weighted by Crippen LogP contribution is 2.38. The highest BCUT2D eigenvalue weighted by Gasteiger charge is 2.36. The van der Waals surface area contributed by atoms with Crippen LogP contribution < -0.4 is 24.4 Å². The van der Waals surface area contributed by atoms with Crippen LogP contribution in [0.5, 0.6) is 11.5 Å². The van der Waals surface area contributed by atoms with E-state index in [1.807, 2.05) is 37.3 Å². The van der Waals surface area contributed by atoms with Crippen molar-refractivity contribution in [3.8, 4) is 11.5 Å². The quantitative estimate of drug-likeness (QED) is 0.110. The molecule has 1 atom stereocenters. The summed E-state index contributed by atoms with van der Waals surface area (Å²) in [5.41, 5.74) is 2.60. The van der Waals surface area contributed by atoms with Crippen LogP contribution in [0.25, 0.3) is 6.08 Å². The Kier molecular flexibility index (Phi) is 9.94. The number of allylic oxidation sites excluding steroid dienone is 1. The van der Waals surface area contributed by atoms with Crippen LogP contribution in [0.1, 0.15) is 49.4 Å². The van der Waals surface area contributed by atoms with Gasteiger partial charge >= 0.3 is 5.97 Å². The van der Waals surface area contributed by atoms with Crippen LogP contribution in [0.3, 0.4) is 0 Å². The largest absolute Gasteiger partial charge is 0.496 e. The summed E-state index contributed by atoms with van der Waals surface area (Å²) >= 11 is 4.76. The van der Waals surface area contributed by atoms with Crippen LogP contribution in [-0.4, -0.2) is 29.2 Å². The molecule has 2 heterocycles. The number of ether oxygens (including phenoxy) is 3. The summed E-state index contributed by atoms with van der Waals surface area (Å²) in [5.74, 6) is 0.518. The smallest absolute Gasteiger partial charge is 0.338 e. The number of fused-ring (bicyclic) bond motifs is 1. The zero-order valence-corrected chi connectivity index (χ0v) is 27.2. The number of carbonyl (C=O) groups excluding carboxylic acids is 1. The van der Waals surface area contributed by atoms with E-state index in [0.29, 0.717) is 49.7 Å². The maximum Gasteiger partial charge on any atom is 0.338 e. The number of aromatic nitrogens is 1. The molecule has 0 bridgehead atoms. The Morgan fingerprint density at radius 1 is 1.11 bits per heavy atom. The SMILES string of the molecule is CCCC1=C(C(=O)OCC)[C@H](c2cc(Br)ccc2OC)n2c(s/c(=C/c3ccccc3OCc3ccc([N+](=O)[O-])cc3)c2=O)=N1. The molecular weight excluding hydrogens is 662 g/mol. The number of rotatable bonds is 11. The van der Waals surface area contributed by atoms with Crippen LogP contribution >= 0.6 is 27.3 Å². The molecule has 0 saturated heterocycles. The predicted molar refractivity (Wildman–Crippen MR) is 174 cm³/mol. The molecule has 0 amide bonds.